The highest BCUT2D eigenvalue weighted by atomic mass is 16.6. The van der Waals surface area contributed by atoms with E-state index in [-0.39, 0.29) is 18.1 Å². The van der Waals surface area contributed by atoms with Crippen LogP contribution in [0.3, 0.4) is 0 Å². The predicted molar refractivity (Wildman–Crippen MR) is 85.5 cm³/mol. The minimum atomic E-state index is -0.459. The van der Waals surface area contributed by atoms with E-state index >= 15 is 0 Å². The highest BCUT2D eigenvalue weighted by Crippen LogP contribution is 2.27. The zero-order valence-electron chi connectivity index (χ0n) is 14.2. The van der Waals surface area contributed by atoms with Crippen molar-refractivity contribution >= 4 is 12.1 Å². The Bertz CT molecular complexity index is 390. The summed E-state index contributed by atoms with van der Waals surface area (Å²) in [6.45, 7) is 7.79. The number of rotatable bonds is 5. The molecule has 126 valence electrons. The molecule has 5 heteroatoms. The lowest BCUT2D eigenvalue weighted by Crippen LogP contribution is -2.40. The number of amides is 1. The van der Waals surface area contributed by atoms with Gasteiger partial charge in [-0.15, -0.1) is 0 Å². The van der Waals surface area contributed by atoms with Gasteiger partial charge in [-0.3, -0.25) is 0 Å². The molecular weight excluding hydrogens is 282 g/mol. The fraction of sp³-hybridized carbons (Fsp3) is 0.765. The third kappa shape index (κ3) is 8.05. The van der Waals surface area contributed by atoms with Crippen molar-refractivity contribution in [3.8, 4) is 0 Å². The second-order valence-electron chi connectivity index (χ2n) is 6.75. The highest BCUT2D eigenvalue weighted by molar-refractivity contribution is 5.81. The maximum Gasteiger partial charge on any atom is 0.407 e. The van der Waals surface area contributed by atoms with Crippen molar-refractivity contribution in [3.63, 3.8) is 0 Å². The zero-order valence-corrected chi connectivity index (χ0v) is 14.2. The molecule has 1 saturated carbocycles. The number of nitrogens with one attached hydrogen (secondary N) is 1. The highest BCUT2D eigenvalue weighted by Gasteiger charge is 2.24. The van der Waals surface area contributed by atoms with E-state index in [2.05, 4.69) is 5.32 Å². The van der Waals surface area contributed by atoms with Gasteiger partial charge in [-0.1, -0.05) is 6.08 Å². The van der Waals surface area contributed by atoms with E-state index in [0.29, 0.717) is 12.5 Å². The second kappa shape index (κ2) is 8.81. The Balaban J connectivity index is 2.23. The summed E-state index contributed by atoms with van der Waals surface area (Å²) in [7, 11) is 0. The summed E-state index contributed by atoms with van der Waals surface area (Å²) >= 11 is 0. The first kappa shape index (κ1) is 18.5. The van der Waals surface area contributed by atoms with Crippen LogP contribution in [-0.2, 0) is 14.3 Å². The molecule has 0 aliphatic heterocycles. The number of carbonyl (C=O) groups excluding carboxylic acids is 2. The fourth-order valence-electron chi connectivity index (χ4n) is 2.56. The summed E-state index contributed by atoms with van der Waals surface area (Å²) in [4.78, 5) is 22.9. The third-order valence-corrected chi connectivity index (χ3v) is 3.58. The summed E-state index contributed by atoms with van der Waals surface area (Å²) in [6, 6.07) is 0.195. The Morgan fingerprint density at radius 2 is 1.82 bits per heavy atom. The van der Waals surface area contributed by atoms with Crippen LogP contribution in [0.1, 0.15) is 59.8 Å². The number of ether oxygens (including phenoxy) is 2. The SMILES string of the molecule is CCOC(=O)/C=C/C[C@H]1CC[C@H](NC(=O)OC(C)(C)C)CC1. The van der Waals surface area contributed by atoms with Crippen LogP contribution in [0.4, 0.5) is 4.79 Å². The molecular formula is C17H29NO4. The molecule has 0 unspecified atom stereocenters. The molecule has 1 amide bonds. The van der Waals surface area contributed by atoms with Gasteiger partial charge in [0.15, 0.2) is 0 Å². The second-order valence-corrected chi connectivity index (χ2v) is 6.75. The summed E-state index contributed by atoms with van der Waals surface area (Å²) in [5.41, 5.74) is -0.459. The van der Waals surface area contributed by atoms with Gasteiger partial charge >= 0.3 is 12.1 Å². The van der Waals surface area contributed by atoms with Crippen LogP contribution in [0.2, 0.25) is 0 Å². The summed E-state index contributed by atoms with van der Waals surface area (Å²) in [5, 5.41) is 2.93. The van der Waals surface area contributed by atoms with Crippen molar-refractivity contribution < 1.29 is 19.1 Å². The molecule has 1 fully saturated rings. The molecule has 0 heterocycles. The van der Waals surface area contributed by atoms with Gasteiger partial charge in [0.1, 0.15) is 5.60 Å². The van der Waals surface area contributed by atoms with Crippen LogP contribution in [0, 0.1) is 5.92 Å². The van der Waals surface area contributed by atoms with Crippen molar-refractivity contribution in [2.45, 2.75) is 71.4 Å². The van der Waals surface area contributed by atoms with E-state index in [1.54, 1.807) is 6.92 Å². The standard InChI is InChI=1S/C17H29NO4/c1-5-21-15(19)8-6-7-13-9-11-14(12-10-13)18-16(20)22-17(2,3)4/h6,8,13-14H,5,7,9-12H2,1-4H3,(H,18,20)/b8-6+/t13-,14-. The van der Waals surface area contributed by atoms with Gasteiger partial charge in [-0.05, 0) is 65.7 Å². The summed E-state index contributed by atoms with van der Waals surface area (Å²) < 4.78 is 10.1. The van der Waals surface area contributed by atoms with E-state index in [1.807, 2.05) is 26.8 Å². The number of alkyl carbamates (subject to hydrolysis) is 1. The monoisotopic (exact) mass is 311 g/mol. The van der Waals surface area contributed by atoms with Gasteiger partial charge in [-0.2, -0.15) is 0 Å². The van der Waals surface area contributed by atoms with Crippen molar-refractivity contribution in [2.75, 3.05) is 6.61 Å². The Kier molecular flexibility index (Phi) is 7.42. The van der Waals surface area contributed by atoms with Crippen molar-refractivity contribution in [3.05, 3.63) is 12.2 Å². The molecule has 0 aromatic carbocycles. The Labute approximate surface area is 133 Å². The van der Waals surface area contributed by atoms with Crippen LogP contribution in [-0.4, -0.2) is 30.3 Å². The van der Waals surface area contributed by atoms with Crippen LogP contribution in [0.15, 0.2) is 12.2 Å². The van der Waals surface area contributed by atoms with Crippen LogP contribution in [0.25, 0.3) is 0 Å². The van der Waals surface area contributed by atoms with E-state index < -0.39 is 5.60 Å². The molecule has 0 spiro atoms. The smallest absolute Gasteiger partial charge is 0.407 e. The minimum absolute atomic E-state index is 0.195. The van der Waals surface area contributed by atoms with E-state index in [1.165, 1.54) is 6.08 Å². The first-order chi connectivity index (χ1) is 10.3. The minimum Gasteiger partial charge on any atom is -0.463 e. The normalized spacial score (nSPS) is 22.4. The van der Waals surface area contributed by atoms with Gasteiger partial charge in [0.2, 0.25) is 0 Å². The topological polar surface area (TPSA) is 64.6 Å². The maximum absolute atomic E-state index is 11.7. The molecule has 1 N–H and O–H groups in total. The molecule has 1 rings (SSSR count). The average molecular weight is 311 g/mol. The summed E-state index contributed by atoms with van der Waals surface area (Å²) in [5.74, 6) is 0.296. The van der Waals surface area contributed by atoms with Gasteiger partial charge in [-0.25, -0.2) is 9.59 Å². The molecule has 22 heavy (non-hydrogen) atoms. The first-order valence-corrected chi connectivity index (χ1v) is 8.13. The molecule has 0 saturated heterocycles. The Morgan fingerprint density at radius 3 is 2.36 bits per heavy atom. The molecule has 1 aliphatic rings. The maximum atomic E-state index is 11.7. The quantitative estimate of drug-likeness (QED) is 0.622. The zero-order chi connectivity index (χ0) is 16.6. The lowest BCUT2D eigenvalue weighted by molar-refractivity contribution is -0.137. The van der Waals surface area contributed by atoms with E-state index in [0.717, 1.165) is 32.1 Å². The number of hydrogen-bond donors (Lipinski definition) is 1. The predicted octanol–water partition coefficient (Wildman–Crippen LogP) is 3.58. The van der Waals surface area contributed by atoms with Gasteiger partial charge in [0, 0.05) is 12.1 Å². The lowest BCUT2D eigenvalue weighted by Gasteiger charge is -2.29. The number of allylic oxidation sites excluding steroid dienone is 1. The van der Waals surface area contributed by atoms with Crippen LogP contribution in [0.5, 0.6) is 0 Å². The Morgan fingerprint density at radius 1 is 1.18 bits per heavy atom. The van der Waals surface area contributed by atoms with Gasteiger partial charge in [0.25, 0.3) is 0 Å². The lowest BCUT2D eigenvalue weighted by atomic mass is 9.84. The Hall–Kier alpha value is -1.52. The van der Waals surface area contributed by atoms with E-state index in [9.17, 15) is 9.59 Å². The van der Waals surface area contributed by atoms with E-state index in [4.69, 9.17) is 9.47 Å². The fourth-order valence-corrected chi connectivity index (χ4v) is 2.56. The molecule has 0 aromatic heterocycles. The molecule has 0 atom stereocenters. The largest absolute Gasteiger partial charge is 0.463 e. The number of esters is 1. The van der Waals surface area contributed by atoms with Crippen LogP contribution < -0.4 is 5.32 Å². The van der Waals surface area contributed by atoms with Gasteiger partial charge < -0.3 is 14.8 Å². The molecule has 0 aromatic rings. The summed E-state index contributed by atoms with van der Waals surface area (Å²) in [6.07, 6.45) is 7.96. The van der Waals surface area contributed by atoms with Crippen molar-refractivity contribution in [2.24, 2.45) is 5.92 Å². The number of hydrogen-bond acceptors (Lipinski definition) is 4. The van der Waals surface area contributed by atoms with Gasteiger partial charge in [0.05, 0.1) is 6.61 Å². The molecule has 0 bridgehead atoms. The van der Waals surface area contributed by atoms with Crippen LogP contribution >= 0.6 is 0 Å². The third-order valence-electron chi connectivity index (χ3n) is 3.58. The molecule has 1 aliphatic carbocycles. The van der Waals surface area contributed by atoms with Crippen molar-refractivity contribution in [1.29, 1.82) is 0 Å². The average Bonchev–Trinajstić information content (AvgIpc) is 2.39. The van der Waals surface area contributed by atoms with Crippen molar-refractivity contribution in [1.82, 2.24) is 5.32 Å². The molecule has 0 radical (unpaired) electrons. The number of carbonyl (C=O) groups is 2. The molecule has 5 nitrogen and oxygen atoms in total. The first-order valence-electron chi connectivity index (χ1n) is 8.13.